The standard InChI is InChI=1S/C15H25N3OS/c1-12(20-4)11-18-15(16-2)17-10-9-13-7-5-6-8-14(13)19-3/h5-8,12H,9-11H2,1-4H3,(H2,16,17,18). The van der Waals surface area contributed by atoms with Crippen LogP contribution in [0.15, 0.2) is 29.3 Å². The molecule has 0 fully saturated rings. The molecule has 4 nitrogen and oxygen atoms in total. The van der Waals surface area contributed by atoms with Crippen molar-refractivity contribution in [1.82, 2.24) is 10.6 Å². The molecule has 0 saturated heterocycles. The molecule has 1 rings (SSSR count). The molecule has 0 amide bonds. The Kier molecular flexibility index (Phi) is 7.95. The Labute approximate surface area is 126 Å². The van der Waals surface area contributed by atoms with Crippen LogP contribution in [0.2, 0.25) is 0 Å². The number of aliphatic imine (C=N–C) groups is 1. The van der Waals surface area contributed by atoms with Gasteiger partial charge in [0.1, 0.15) is 5.75 Å². The molecule has 20 heavy (non-hydrogen) atoms. The molecule has 0 saturated carbocycles. The number of thioether (sulfide) groups is 1. The molecule has 0 aromatic heterocycles. The number of hydrogen-bond donors (Lipinski definition) is 2. The van der Waals surface area contributed by atoms with Crippen LogP contribution in [0.5, 0.6) is 5.75 Å². The Morgan fingerprint density at radius 1 is 1.35 bits per heavy atom. The van der Waals surface area contributed by atoms with E-state index in [1.165, 1.54) is 5.56 Å². The summed E-state index contributed by atoms with van der Waals surface area (Å²) in [6.45, 7) is 3.93. The second-order valence-corrected chi connectivity index (χ2v) is 5.76. The number of guanidine groups is 1. The first-order chi connectivity index (χ1) is 9.71. The average Bonchev–Trinajstić information content (AvgIpc) is 2.50. The van der Waals surface area contributed by atoms with Gasteiger partial charge in [-0.1, -0.05) is 25.1 Å². The number of benzene rings is 1. The molecule has 0 heterocycles. The van der Waals surface area contributed by atoms with Crippen LogP contribution in [-0.4, -0.2) is 44.7 Å². The van der Waals surface area contributed by atoms with Gasteiger partial charge in [-0.2, -0.15) is 11.8 Å². The van der Waals surface area contributed by atoms with E-state index in [2.05, 4.69) is 34.9 Å². The SMILES string of the molecule is CN=C(NCCc1ccccc1OC)NCC(C)SC. The first kappa shape index (κ1) is 16.7. The van der Waals surface area contributed by atoms with Crippen LogP contribution in [0.3, 0.4) is 0 Å². The predicted octanol–water partition coefficient (Wildman–Crippen LogP) is 2.15. The number of nitrogens with zero attached hydrogens (tertiary/aromatic N) is 1. The van der Waals surface area contributed by atoms with Crippen molar-refractivity contribution in [3.63, 3.8) is 0 Å². The second kappa shape index (κ2) is 9.53. The van der Waals surface area contributed by atoms with Crippen LogP contribution in [0, 0.1) is 0 Å². The van der Waals surface area contributed by atoms with Gasteiger partial charge >= 0.3 is 0 Å². The number of methoxy groups -OCH3 is 1. The van der Waals surface area contributed by atoms with Crippen molar-refractivity contribution in [1.29, 1.82) is 0 Å². The van der Waals surface area contributed by atoms with E-state index in [4.69, 9.17) is 4.74 Å². The summed E-state index contributed by atoms with van der Waals surface area (Å²) in [5.74, 6) is 1.79. The summed E-state index contributed by atoms with van der Waals surface area (Å²) in [5, 5.41) is 7.22. The van der Waals surface area contributed by atoms with Crippen molar-refractivity contribution < 1.29 is 4.74 Å². The van der Waals surface area contributed by atoms with Gasteiger partial charge in [0, 0.05) is 25.4 Å². The number of para-hydroxylation sites is 1. The molecule has 1 aromatic rings. The number of ether oxygens (including phenoxy) is 1. The number of nitrogens with one attached hydrogen (secondary N) is 2. The molecule has 1 unspecified atom stereocenters. The molecule has 1 aromatic carbocycles. The van der Waals surface area contributed by atoms with Crippen LogP contribution < -0.4 is 15.4 Å². The van der Waals surface area contributed by atoms with Crippen LogP contribution in [-0.2, 0) is 6.42 Å². The quantitative estimate of drug-likeness (QED) is 0.598. The Balaban J connectivity index is 2.38. The van der Waals surface area contributed by atoms with Gasteiger partial charge in [-0.05, 0) is 24.3 Å². The maximum atomic E-state index is 5.35. The smallest absolute Gasteiger partial charge is 0.191 e. The third kappa shape index (κ3) is 5.74. The summed E-state index contributed by atoms with van der Waals surface area (Å²) in [5.41, 5.74) is 1.20. The first-order valence-corrected chi connectivity index (χ1v) is 8.09. The fraction of sp³-hybridized carbons (Fsp3) is 0.533. The average molecular weight is 295 g/mol. The first-order valence-electron chi connectivity index (χ1n) is 6.80. The van der Waals surface area contributed by atoms with E-state index in [9.17, 15) is 0 Å². The summed E-state index contributed by atoms with van der Waals surface area (Å²) in [7, 11) is 3.50. The zero-order valence-electron chi connectivity index (χ0n) is 12.8. The highest BCUT2D eigenvalue weighted by atomic mass is 32.2. The topological polar surface area (TPSA) is 45.7 Å². The van der Waals surface area contributed by atoms with Crippen LogP contribution in [0.4, 0.5) is 0 Å². The Bertz CT molecular complexity index is 423. The second-order valence-electron chi connectivity index (χ2n) is 4.49. The lowest BCUT2D eigenvalue weighted by atomic mass is 10.1. The summed E-state index contributed by atoms with van der Waals surface area (Å²) >= 11 is 1.84. The van der Waals surface area contributed by atoms with Crippen molar-refractivity contribution in [2.45, 2.75) is 18.6 Å². The fourth-order valence-corrected chi connectivity index (χ4v) is 2.02. The summed E-state index contributed by atoms with van der Waals surface area (Å²) in [6.07, 6.45) is 3.02. The highest BCUT2D eigenvalue weighted by Gasteiger charge is 2.04. The molecule has 0 bridgehead atoms. The van der Waals surface area contributed by atoms with Gasteiger partial charge in [-0.15, -0.1) is 0 Å². The fourth-order valence-electron chi connectivity index (χ4n) is 1.77. The maximum absolute atomic E-state index is 5.35. The minimum absolute atomic E-state index is 0.572. The van der Waals surface area contributed by atoms with Gasteiger partial charge in [0.05, 0.1) is 7.11 Å². The van der Waals surface area contributed by atoms with Crippen LogP contribution >= 0.6 is 11.8 Å². The van der Waals surface area contributed by atoms with Crippen molar-refractivity contribution in [3.05, 3.63) is 29.8 Å². The molecule has 112 valence electrons. The lowest BCUT2D eigenvalue weighted by Gasteiger charge is -2.15. The molecule has 0 spiro atoms. The predicted molar refractivity (Wildman–Crippen MR) is 89.0 cm³/mol. The molecule has 0 aliphatic heterocycles. The lowest BCUT2D eigenvalue weighted by Crippen LogP contribution is -2.40. The van der Waals surface area contributed by atoms with Crippen molar-refractivity contribution in [2.24, 2.45) is 4.99 Å². The van der Waals surface area contributed by atoms with Crippen molar-refractivity contribution in [2.75, 3.05) is 33.5 Å². The Hall–Kier alpha value is -1.36. The van der Waals surface area contributed by atoms with E-state index in [0.717, 1.165) is 31.2 Å². The summed E-state index contributed by atoms with van der Waals surface area (Å²) in [6, 6.07) is 8.10. The lowest BCUT2D eigenvalue weighted by molar-refractivity contribution is 0.409. The van der Waals surface area contributed by atoms with E-state index in [0.29, 0.717) is 5.25 Å². The van der Waals surface area contributed by atoms with E-state index in [1.54, 1.807) is 14.2 Å². The van der Waals surface area contributed by atoms with Gasteiger partial charge in [-0.25, -0.2) is 0 Å². The van der Waals surface area contributed by atoms with Gasteiger partial charge in [0.25, 0.3) is 0 Å². The molecule has 1 atom stereocenters. The van der Waals surface area contributed by atoms with E-state index < -0.39 is 0 Å². The van der Waals surface area contributed by atoms with E-state index in [-0.39, 0.29) is 0 Å². The summed E-state index contributed by atoms with van der Waals surface area (Å²) in [4.78, 5) is 4.22. The Morgan fingerprint density at radius 3 is 2.75 bits per heavy atom. The highest BCUT2D eigenvalue weighted by molar-refractivity contribution is 7.99. The van der Waals surface area contributed by atoms with Crippen molar-refractivity contribution >= 4 is 17.7 Å². The van der Waals surface area contributed by atoms with Crippen molar-refractivity contribution in [3.8, 4) is 5.75 Å². The van der Waals surface area contributed by atoms with E-state index >= 15 is 0 Å². The number of hydrogen-bond acceptors (Lipinski definition) is 3. The van der Waals surface area contributed by atoms with Gasteiger partial charge in [0.15, 0.2) is 5.96 Å². The molecule has 0 radical (unpaired) electrons. The minimum Gasteiger partial charge on any atom is -0.496 e. The van der Waals surface area contributed by atoms with Gasteiger partial charge < -0.3 is 15.4 Å². The maximum Gasteiger partial charge on any atom is 0.191 e. The minimum atomic E-state index is 0.572. The molecular formula is C15H25N3OS. The number of rotatable bonds is 7. The molecule has 0 aliphatic carbocycles. The zero-order valence-corrected chi connectivity index (χ0v) is 13.6. The molecule has 2 N–H and O–H groups in total. The normalized spacial score (nSPS) is 12.9. The third-order valence-corrected chi connectivity index (χ3v) is 4.03. The Morgan fingerprint density at radius 2 is 2.10 bits per heavy atom. The highest BCUT2D eigenvalue weighted by Crippen LogP contribution is 2.17. The van der Waals surface area contributed by atoms with Gasteiger partial charge in [-0.3, -0.25) is 4.99 Å². The largest absolute Gasteiger partial charge is 0.496 e. The molecule has 0 aliphatic rings. The van der Waals surface area contributed by atoms with Crippen LogP contribution in [0.25, 0.3) is 0 Å². The van der Waals surface area contributed by atoms with E-state index in [1.807, 2.05) is 30.0 Å². The monoisotopic (exact) mass is 295 g/mol. The summed E-state index contributed by atoms with van der Waals surface area (Å²) < 4.78 is 5.35. The van der Waals surface area contributed by atoms with Crippen LogP contribution in [0.1, 0.15) is 12.5 Å². The molecule has 5 heteroatoms. The third-order valence-electron chi connectivity index (χ3n) is 3.06. The molecular weight excluding hydrogens is 270 g/mol. The van der Waals surface area contributed by atoms with Gasteiger partial charge in [0.2, 0.25) is 0 Å². The zero-order chi connectivity index (χ0) is 14.8.